The van der Waals surface area contributed by atoms with Crippen molar-refractivity contribution >= 4 is 12.3 Å². The Balaban J connectivity index is 5.07. The topological polar surface area (TPSA) is 40.6 Å². The number of likely N-dealkylation sites (N-methyl/N-ethyl adjacent to an activating group) is 2. The van der Waals surface area contributed by atoms with Gasteiger partial charge in [-0.05, 0) is 24.7 Å². The molecule has 0 aromatic carbocycles. The van der Waals surface area contributed by atoms with Crippen molar-refractivity contribution in [3.63, 3.8) is 0 Å². The summed E-state index contributed by atoms with van der Waals surface area (Å²) in [5, 5.41) is 0. The number of nitrogens with zero attached hydrogens (tertiary/aromatic N) is 2. The SMILES string of the molecule is CCCC(CC)(C(=O)N(C)CCC(C)(C)C)N(C)C=O. The Hall–Kier alpha value is -1.06. The van der Waals surface area contributed by atoms with E-state index in [2.05, 4.69) is 20.8 Å². The summed E-state index contributed by atoms with van der Waals surface area (Å²) in [6.07, 6.45) is 3.96. The highest BCUT2D eigenvalue weighted by atomic mass is 16.2. The molecule has 4 nitrogen and oxygen atoms in total. The van der Waals surface area contributed by atoms with E-state index in [9.17, 15) is 9.59 Å². The van der Waals surface area contributed by atoms with Gasteiger partial charge in [-0.25, -0.2) is 0 Å². The lowest BCUT2D eigenvalue weighted by Crippen LogP contribution is -2.57. The average Bonchev–Trinajstić information content (AvgIpc) is 2.39. The number of carbonyl (C=O) groups excluding carboxylic acids is 2. The third-order valence-corrected chi connectivity index (χ3v) is 4.02. The molecule has 0 aliphatic rings. The van der Waals surface area contributed by atoms with Gasteiger partial charge in [0.1, 0.15) is 5.54 Å². The maximum atomic E-state index is 12.8. The van der Waals surface area contributed by atoms with E-state index in [0.29, 0.717) is 12.8 Å². The van der Waals surface area contributed by atoms with E-state index in [1.54, 1.807) is 16.8 Å². The summed E-state index contributed by atoms with van der Waals surface area (Å²) in [7, 11) is 3.55. The minimum Gasteiger partial charge on any atom is -0.344 e. The van der Waals surface area contributed by atoms with Gasteiger partial charge >= 0.3 is 0 Å². The van der Waals surface area contributed by atoms with Crippen molar-refractivity contribution < 1.29 is 9.59 Å². The van der Waals surface area contributed by atoms with Crippen LogP contribution in [-0.4, -0.2) is 48.3 Å². The molecular weight excluding hydrogens is 252 g/mol. The number of rotatable bonds is 8. The highest BCUT2D eigenvalue weighted by molar-refractivity contribution is 5.88. The Morgan fingerprint density at radius 3 is 2.00 bits per heavy atom. The van der Waals surface area contributed by atoms with Gasteiger partial charge in [-0.3, -0.25) is 9.59 Å². The minimum atomic E-state index is -0.691. The molecule has 0 rings (SSSR count). The second-order valence-corrected chi connectivity index (χ2v) is 6.89. The molecule has 0 saturated heterocycles. The smallest absolute Gasteiger partial charge is 0.248 e. The van der Waals surface area contributed by atoms with Crippen LogP contribution in [-0.2, 0) is 9.59 Å². The van der Waals surface area contributed by atoms with Gasteiger partial charge in [0.25, 0.3) is 0 Å². The van der Waals surface area contributed by atoms with E-state index >= 15 is 0 Å². The molecule has 0 fully saturated rings. The number of carbonyl (C=O) groups is 2. The fourth-order valence-electron chi connectivity index (χ4n) is 2.49. The van der Waals surface area contributed by atoms with Crippen LogP contribution in [0, 0.1) is 5.41 Å². The normalized spacial score (nSPS) is 14.6. The molecule has 0 aliphatic carbocycles. The summed E-state index contributed by atoms with van der Waals surface area (Å²) < 4.78 is 0. The Kier molecular flexibility index (Phi) is 7.25. The van der Waals surface area contributed by atoms with Crippen LogP contribution in [0.1, 0.15) is 60.3 Å². The van der Waals surface area contributed by atoms with Crippen molar-refractivity contribution in [1.82, 2.24) is 9.80 Å². The molecular formula is C16H32N2O2. The van der Waals surface area contributed by atoms with E-state index in [1.165, 1.54) is 0 Å². The van der Waals surface area contributed by atoms with Gasteiger partial charge in [-0.15, -0.1) is 0 Å². The van der Waals surface area contributed by atoms with Gasteiger partial charge in [0, 0.05) is 20.6 Å². The van der Waals surface area contributed by atoms with Crippen molar-refractivity contribution in [3.8, 4) is 0 Å². The third kappa shape index (κ3) is 4.80. The molecule has 0 saturated carbocycles. The summed E-state index contributed by atoms with van der Waals surface area (Å²) in [4.78, 5) is 27.3. The maximum Gasteiger partial charge on any atom is 0.248 e. The van der Waals surface area contributed by atoms with Crippen LogP contribution in [0.3, 0.4) is 0 Å². The van der Waals surface area contributed by atoms with Crippen LogP contribution in [0.5, 0.6) is 0 Å². The second kappa shape index (κ2) is 7.65. The molecule has 0 radical (unpaired) electrons. The standard InChI is InChI=1S/C16H32N2O2/c1-8-10-16(9-2,18(7)13-19)14(20)17(6)12-11-15(3,4)5/h13H,8-12H2,1-7H3. The summed E-state index contributed by atoms with van der Waals surface area (Å²) in [5.74, 6) is 0.0562. The number of hydrogen-bond acceptors (Lipinski definition) is 2. The lowest BCUT2D eigenvalue weighted by molar-refractivity contribution is -0.148. The molecule has 1 unspecified atom stereocenters. The van der Waals surface area contributed by atoms with Gasteiger partial charge in [-0.2, -0.15) is 0 Å². The van der Waals surface area contributed by atoms with Crippen molar-refractivity contribution in [1.29, 1.82) is 0 Å². The van der Waals surface area contributed by atoms with E-state index in [4.69, 9.17) is 0 Å². The molecule has 0 aromatic rings. The third-order valence-electron chi connectivity index (χ3n) is 4.02. The maximum absolute atomic E-state index is 12.8. The van der Waals surface area contributed by atoms with Gasteiger partial charge < -0.3 is 9.80 Å². The predicted molar refractivity (Wildman–Crippen MR) is 83.5 cm³/mol. The van der Waals surface area contributed by atoms with Gasteiger partial charge in [0.15, 0.2) is 0 Å². The molecule has 1 atom stereocenters. The fourth-order valence-corrected chi connectivity index (χ4v) is 2.49. The van der Waals surface area contributed by atoms with Gasteiger partial charge in [0.2, 0.25) is 12.3 Å². The average molecular weight is 284 g/mol. The molecule has 4 heteroatoms. The number of amides is 2. The summed E-state index contributed by atoms with van der Waals surface area (Å²) >= 11 is 0. The first-order valence-corrected chi connectivity index (χ1v) is 7.58. The Morgan fingerprint density at radius 1 is 1.10 bits per heavy atom. The Morgan fingerprint density at radius 2 is 1.65 bits per heavy atom. The lowest BCUT2D eigenvalue weighted by Gasteiger charge is -2.40. The van der Waals surface area contributed by atoms with Gasteiger partial charge in [-0.1, -0.05) is 41.0 Å². The van der Waals surface area contributed by atoms with Crippen LogP contribution >= 0.6 is 0 Å². The van der Waals surface area contributed by atoms with Crippen molar-refractivity contribution in [2.75, 3.05) is 20.6 Å². The van der Waals surface area contributed by atoms with Crippen molar-refractivity contribution in [3.05, 3.63) is 0 Å². The highest BCUT2D eigenvalue weighted by Crippen LogP contribution is 2.27. The summed E-state index contributed by atoms with van der Waals surface area (Å²) in [6.45, 7) is 11.3. The molecule has 0 spiro atoms. The first-order valence-electron chi connectivity index (χ1n) is 7.58. The zero-order valence-corrected chi connectivity index (χ0v) is 14.3. The Labute approximate surface area is 124 Å². The number of hydrogen-bond donors (Lipinski definition) is 0. The second-order valence-electron chi connectivity index (χ2n) is 6.89. The largest absolute Gasteiger partial charge is 0.344 e. The van der Waals surface area contributed by atoms with Gasteiger partial charge in [0.05, 0.1) is 0 Å². The van der Waals surface area contributed by atoms with Crippen LogP contribution in [0.2, 0.25) is 0 Å². The highest BCUT2D eigenvalue weighted by Gasteiger charge is 2.41. The van der Waals surface area contributed by atoms with E-state index in [0.717, 1.165) is 25.8 Å². The molecule has 0 aliphatic heterocycles. The zero-order chi connectivity index (χ0) is 16.0. The molecule has 0 N–H and O–H groups in total. The van der Waals surface area contributed by atoms with E-state index in [-0.39, 0.29) is 11.3 Å². The van der Waals surface area contributed by atoms with Crippen LogP contribution < -0.4 is 0 Å². The molecule has 20 heavy (non-hydrogen) atoms. The monoisotopic (exact) mass is 284 g/mol. The van der Waals surface area contributed by atoms with Crippen LogP contribution in [0.15, 0.2) is 0 Å². The lowest BCUT2D eigenvalue weighted by atomic mass is 9.86. The van der Waals surface area contributed by atoms with Crippen molar-refractivity contribution in [2.24, 2.45) is 5.41 Å². The quantitative estimate of drug-likeness (QED) is 0.643. The Bertz CT molecular complexity index is 323. The molecule has 118 valence electrons. The van der Waals surface area contributed by atoms with Crippen LogP contribution in [0.4, 0.5) is 0 Å². The summed E-state index contributed by atoms with van der Waals surface area (Å²) in [6, 6.07) is 0. The fraction of sp³-hybridized carbons (Fsp3) is 0.875. The minimum absolute atomic E-state index is 0.0562. The molecule has 0 heterocycles. The first kappa shape index (κ1) is 18.9. The first-order chi connectivity index (χ1) is 9.14. The predicted octanol–water partition coefficient (Wildman–Crippen LogP) is 2.92. The van der Waals surface area contributed by atoms with E-state index < -0.39 is 5.54 Å². The molecule has 0 aromatic heterocycles. The van der Waals surface area contributed by atoms with Crippen molar-refractivity contribution in [2.45, 2.75) is 65.8 Å². The van der Waals surface area contributed by atoms with E-state index in [1.807, 2.05) is 20.9 Å². The zero-order valence-electron chi connectivity index (χ0n) is 14.3. The summed E-state index contributed by atoms with van der Waals surface area (Å²) in [5.41, 5.74) is -0.492. The molecule has 2 amide bonds. The van der Waals surface area contributed by atoms with Crippen LogP contribution in [0.25, 0.3) is 0 Å². The molecule has 0 bridgehead atoms.